The first-order valence-corrected chi connectivity index (χ1v) is 7.05. The summed E-state index contributed by atoms with van der Waals surface area (Å²) in [5.74, 6) is 0.558. The third-order valence-corrected chi connectivity index (χ3v) is 3.80. The number of carbonyl (C=O) groups excluding carboxylic acids is 1. The largest absolute Gasteiger partial charge is 0.497 e. The summed E-state index contributed by atoms with van der Waals surface area (Å²) in [6, 6.07) is 7.13. The maximum atomic E-state index is 13.8. The Morgan fingerprint density at radius 1 is 1.45 bits per heavy atom. The van der Waals surface area contributed by atoms with E-state index in [1.165, 1.54) is 6.92 Å². The van der Waals surface area contributed by atoms with E-state index in [2.05, 4.69) is 10.3 Å². The molecular formula is C16H17FN2O3. The molecule has 0 aliphatic carbocycles. The second-order valence-electron chi connectivity index (χ2n) is 5.59. The minimum Gasteiger partial charge on any atom is -0.497 e. The van der Waals surface area contributed by atoms with Gasteiger partial charge in [-0.2, -0.15) is 0 Å². The van der Waals surface area contributed by atoms with Gasteiger partial charge in [0.15, 0.2) is 5.67 Å². The van der Waals surface area contributed by atoms with Gasteiger partial charge in [-0.25, -0.2) is 9.37 Å². The molecule has 6 heteroatoms. The van der Waals surface area contributed by atoms with Gasteiger partial charge in [-0.3, -0.25) is 4.79 Å². The summed E-state index contributed by atoms with van der Waals surface area (Å²) in [4.78, 5) is 15.7. The van der Waals surface area contributed by atoms with Crippen LogP contribution in [0, 0.1) is 0 Å². The van der Waals surface area contributed by atoms with Crippen LogP contribution in [-0.2, 0) is 4.79 Å². The van der Waals surface area contributed by atoms with Gasteiger partial charge in [-0.15, -0.1) is 0 Å². The summed E-state index contributed by atoms with van der Waals surface area (Å²) in [6.07, 6.45) is 1.75. The third kappa shape index (κ3) is 2.68. The molecular weight excluding hydrogens is 287 g/mol. The predicted octanol–water partition coefficient (Wildman–Crippen LogP) is 2.24. The molecule has 0 unspecified atom stereocenters. The monoisotopic (exact) mass is 304 g/mol. The Morgan fingerprint density at radius 2 is 2.27 bits per heavy atom. The van der Waals surface area contributed by atoms with Crippen molar-refractivity contribution in [1.82, 2.24) is 10.3 Å². The molecule has 1 fully saturated rings. The number of benzene rings is 1. The van der Waals surface area contributed by atoms with Crippen LogP contribution < -0.4 is 14.8 Å². The fraction of sp³-hybridized carbons (Fsp3) is 0.375. The number of halogens is 1. The van der Waals surface area contributed by atoms with Crippen LogP contribution in [0.1, 0.15) is 13.3 Å². The first kappa shape index (κ1) is 14.6. The average molecular weight is 304 g/mol. The Labute approximate surface area is 127 Å². The zero-order valence-corrected chi connectivity index (χ0v) is 12.4. The normalized spacial score (nSPS) is 24.3. The number of alkyl halides is 1. The van der Waals surface area contributed by atoms with Gasteiger partial charge in [0.05, 0.1) is 13.2 Å². The lowest BCUT2D eigenvalue weighted by molar-refractivity contribution is -0.128. The number of nitrogens with zero attached hydrogens (tertiary/aromatic N) is 1. The van der Waals surface area contributed by atoms with Crippen molar-refractivity contribution in [2.75, 3.05) is 13.7 Å². The summed E-state index contributed by atoms with van der Waals surface area (Å²) < 4.78 is 24.7. The van der Waals surface area contributed by atoms with Crippen LogP contribution in [0.5, 0.6) is 11.6 Å². The van der Waals surface area contributed by atoms with Gasteiger partial charge in [0.1, 0.15) is 12.4 Å². The summed E-state index contributed by atoms with van der Waals surface area (Å²) >= 11 is 0. The van der Waals surface area contributed by atoms with Crippen molar-refractivity contribution in [1.29, 1.82) is 0 Å². The minimum absolute atomic E-state index is 0.0971. The topological polar surface area (TPSA) is 60.5 Å². The van der Waals surface area contributed by atoms with Crippen LogP contribution in [0.15, 0.2) is 30.5 Å². The Kier molecular flexibility index (Phi) is 3.60. The molecule has 116 valence electrons. The van der Waals surface area contributed by atoms with Crippen molar-refractivity contribution >= 4 is 16.7 Å². The molecule has 5 nitrogen and oxygen atoms in total. The zero-order valence-electron chi connectivity index (χ0n) is 12.4. The lowest BCUT2D eigenvalue weighted by Gasteiger charge is -2.13. The molecule has 1 aromatic heterocycles. The number of carbonyl (C=O) groups is 1. The predicted molar refractivity (Wildman–Crippen MR) is 79.9 cm³/mol. The Bertz CT molecular complexity index is 718. The zero-order chi connectivity index (χ0) is 15.7. The molecule has 1 aliphatic rings. The average Bonchev–Trinajstić information content (AvgIpc) is 2.77. The van der Waals surface area contributed by atoms with E-state index in [9.17, 15) is 9.18 Å². The molecule has 1 aromatic carbocycles. The quantitative estimate of drug-likeness (QED) is 0.941. The van der Waals surface area contributed by atoms with Crippen molar-refractivity contribution < 1.29 is 18.7 Å². The van der Waals surface area contributed by atoms with Gasteiger partial charge in [0.2, 0.25) is 5.88 Å². The molecule has 0 radical (unpaired) electrons. The van der Waals surface area contributed by atoms with E-state index >= 15 is 0 Å². The molecule has 0 spiro atoms. The minimum atomic E-state index is -1.83. The molecule has 1 N–H and O–H groups in total. The highest BCUT2D eigenvalue weighted by atomic mass is 19.1. The van der Waals surface area contributed by atoms with Crippen LogP contribution in [0.3, 0.4) is 0 Å². The van der Waals surface area contributed by atoms with Crippen LogP contribution >= 0.6 is 0 Å². The fourth-order valence-corrected chi connectivity index (χ4v) is 2.59. The number of rotatable bonds is 4. The Hall–Kier alpha value is -2.37. The molecule has 0 bridgehead atoms. The highest BCUT2D eigenvalue weighted by Gasteiger charge is 2.43. The van der Waals surface area contributed by atoms with Gasteiger partial charge in [0, 0.05) is 18.0 Å². The smallest absolute Gasteiger partial charge is 0.257 e. The fourth-order valence-electron chi connectivity index (χ4n) is 2.59. The molecule has 2 atom stereocenters. The second-order valence-corrected chi connectivity index (χ2v) is 5.59. The summed E-state index contributed by atoms with van der Waals surface area (Å²) in [5.41, 5.74) is -1.83. The molecule has 1 saturated heterocycles. The molecule has 1 aliphatic heterocycles. The number of hydrogen-bond acceptors (Lipinski definition) is 4. The molecule has 3 rings (SSSR count). The first-order chi connectivity index (χ1) is 10.5. The number of ether oxygens (including phenoxy) is 2. The van der Waals surface area contributed by atoms with E-state index in [1.807, 2.05) is 24.3 Å². The van der Waals surface area contributed by atoms with E-state index in [0.29, 0.717) is 11.6 Å². The standard InChI is InChI=1S/C16H17FN2O3/c1-16(17)8-11(19-15(16)20)9-22-14-13-7-12(21-2)4-3-10(13)5-6-18-14/h3-7,11H,8-9H2,1-2H3,(H,19,20)/t11-,16-/m0/s1. The molecule has 2 aromatic rings. The number of nitrogens with one attached hydrogen (secondary N) is 1. The number of amides is 1. The Balaban J connectivity index is 1.78. The number of methoxy groups -OCH3 is 1. The van der Waals surface area contributed by atoms with Crippen LogP contribution in [0.4, 0.5) is 4.39 Å². The second kappa shape index (κ2) is 5.44. The maximum Gasteiger partial charge on any atom is 0.257 e. The van der Waals surface area contributed by atoms with Gasteiger partial charge in [-0.05, 0) is 30.5 Å². The van der Waals surface area contributed by atoms with Crippen LogP contribution in [0.25, 0.3) is 10.8 Å². The van der Waals surface area contributed by atoms with E-state index < -0.39 is 11.6 Å². The van der Waals surface area contributed by atoms with Gasteiger partial charge >= 0.3 is 0 Å². The molecule has 22 heavy (non-hydrogen) atoms. The molecule has 1 amide bonds. The SMILES string of the molecule is COc1ccc2ccnc(OC[C@@H]3C[C@](C)(F)C(=O)N3)c2c1. The molecule has 0 saturated carbocycles. The maximum absolute atomic E-state index is 13.8. The summed E-state index contributed by atoms with van der Waals surface area (Å²) in [7, 11) is 1.59. The van der Waals surface area contributed by atoms with Gasteiger partial charge in [0.25, 0.3) is 5.91 Å². The van der Waals surface area contributed by atoms with Gasteiger partial charge < -0.3 is 14.8 Å². The van der Waals surface area contributed by atoms with Crippen molar-refractivity contribution in [3.8, 4) is 11.6 Å². The Morgan fingerprint density at radius 3 is 2.95 bits per heavy atom. The highest BCUT2D eigenvalue weighted by molar-refractivity contribution is 5.88. The lowest BCUT2D eigenvalue weighted by atomic mass is 10.1. The number of fused-ring (bicyclic) bond motifs is 1. The first-order valence-electron chi connectivity index (χ1n) is 7.05. The van der Waals surface area contributed by atoms with Crippen molar-refractivity contribution in [3.05, 3.63) is 30.5 Å². The van der Waals surface area contributed by atoms with Gasteiger partial charge in [-0.1, -0.05) is 6.07 Å². The van der Waals surface area contributed by atoms with Crippen molar-refractivity contribution in [3.63, 3.8) is 0 Å². The number of aromatic nitrogens is 1. The summed E-state index contributed by atoms with van der Waals surface area (Å²) in [6.45, 7) is 1.46. The van der Waals surface area contributed by atoms with Crippen molar-refractivity contribution in [2.24, 2.45) is 0 Å². The van der Waals surface area contributed by atoms with E-state index in [4.69, 9.17) is 9.47 Å². The highest BCUT2D eigenvalue weighted by Crippen LogP contribution is 2.29. The van der Waals surface area contributed by atoms with E-state index in [0.717, 1.165) is 10.8 Å². The number of hydrogen-bond donors (Lipinski definition) is 1. The van der Waals surface area contributed by atoms with Crippen LogP contribution in [0.2, 0.25) is 0 Å². The summed E-state index contributed by atoms with van der Waals surface area (Å²) in [5, 5.41) is 4.38. The third-order valence-electron chi connectivity index (χ3n) is 3.80. The van der Waals surface area contributed by atoms with E-state index in [-0.39, 0.29) is 19.1 Å². The molecule has 2 heterocycles. The number of pyridine rings is 1. The van der Waals surface area contributed by atoms with Crippen molar-refractivity contribution in [2.45, 2.75) is 25.1 Å². The van der Waals surface area contributed by atoms with E-state index in [1.54, 1.807) is 13.3 Å². The van der Waals surface area contributed by atoms with Crippen LogP contribution in [-0.4, -0.2) is 36.3 Å². The lowest BCUT2D eigenvalue weighted by Crippen LogP contribution is -2.33.